The van der Waals surface area contributed by atoms with Crippen molar-refractivity contribution >= 4 is 44.1 Å². The van der Waals surface area contributed by atoms with Crippen molar-refractivity contribution < 1.29 is 19.0 Å². The molecule has 0 aliphatic heterocycles. The van der Waals surface area contributed by atoms with Gasteiger partial charge < -0.3 is 14.2 Å². The number of hydrogen-bond donors (Lipinski definition) is 1. The topological polar surface area (TPSA) is 95.5 Å². The van der Waals surface area contributed by atoms with Crippen LogP contribution >= 0.6 is 11.3 Å². The van der Waals surface area contributed by atoms with Gasteiger partial charge in [-0.15, -0.1) is 10.2 Å². The maximum Gasteiger partial charge on any atom is 0.258 e. The number of nitrogens with zero attached hydrogens (tertiary/aromatic N) is 3. The van der Waals surface area contributed by atoms with Crippen LogP contribution in [0, 0.1) is 0 Å². The van der Waals surface area contributed by atoms with Gasteiger partial charge in [-0.05, 0) is 47.2 Å². The summed E-state index contributed by atoms with van der Waals surface area (Å²) >= 11 is 1.38. The summed E-state index contributed by atoms with van der Waals surface area (Å²) in [7, 11) is 3.18. The van der Waals surface area contributed by atoms with Crippen LogP contribution < -0.4 is 19.5 Å². The second kappa shape index (κ2) is 9.67. The Kier molecular flexibility index (Phi) is 6.39. The van der Waals surface area contributed by atoms with Crippen LogP contribution in [0.5, 0.6) is 23.0 Å². The van der Waals surface area contributed by atoms with E-state index in [2.05, 4.69) is 41.3 Å². The average molecular weight is 515 g/mol. The monoisotopic (exact) mass is 514 g/mol. The van der Waals surface area contributed by atoms with Crippen molar-refractivity contribution in [3.8, 4) is 23.0 Å². The van der Waals surface area contributed by atoms with Crippen LogP contribution in [0.4, 0.5) is 5.13 Å². The lowest BCUT2D eigenvalue weighted by Crippen LogP contribution is -2.12. The molecule has 5 aromatic rings. The smallest absolute Gasteiger partial charge is 0.258 e. The van der Waals surface area contributed by atoms with E-state index in [0.29, 0.717) is 33.7 Å². The molecule has 1 amide bonds. The van der Waals surface area contributed by atoms with E-state index in [1.807, 2.05) is 42.5 Å². The third-order valence-electron chi connectivity index (χ3n) is 5.82. The number of hydrogen-bond acceptors (Lipinski definition) is 8. The molecule has 5 rings (SSSR count). The predicted octanol–water partition coefficient (Wildman–Crippen LogP) is 6.60. The number of amides is 1. The van der Waals surface area contributed by atoms with E-state index < -0.39 is 0 Å². The summed E-state index contributed by atoms with van der Waals surface area (Å²) in [6.07, 6.45) is 1.69. The number of anilines is 1. The molecule has 2 heterocycles. The normalized spacial score (nSPS) is 11.5. The molecular formula is C28H26N4O4S. The standard InChI is InChI=1S/C28H26N4O4S/c1-28(2,3)26-31-32-27(37-26)30-25(33)19-8-6-7-16-13-17(9-10-18(16)19)36-22-11-12-29-21-15-24(35-5)23(34-4)14-20(21)22/h6-15H,1-5H3,(H,30,32,33). The van der Waals surface area contributed by atoms with Gasteiger partial charge in [0.25, 0.3) is 5.91 Å². The van der Waals surface area contributed by atoms with Crippen LogP contribution in [0.3, 0.4) is 0 Å². The zero-order chi connectivity index (χ0) is 26.2. The zero-order valence-corrected chi connectivity index (χ0v) is 22.0. The predicted molar refractivity (Wildman–Crippen MR) is 145 cm³/mol. The van der Waals surface area contributed by atoms with Crippen LogP contribution in [0.2, 0.25) is 0 Å². The molecule has 0 aliphatic carbocycles. The lowest BCUT2D eigenvalue weighted by molar-refractivity contribution is 0.102. The summed E-state index contributed by atoms with van der Waals surface area (Å²) < 4.78 is 17.1. The Morgan fingerprint density at radius 1 is 0.892 bits per heavy atom. The number of carbonyl (C=O) groups is 1. The number of rotatable bonds is 6. The highest BCUT2D eigenvalue weighted by molar-refractivity contribution is 7.15. The molecule has 0 fully saturated rings. The van der Waals surface area contributed by atoms with Gasteiger partial charge in [0.2, 0.25) is 5.13 Å². The first-order valence-electron chi connectivity index (χ1n) is 11.6. The molecular weight excluding hydrogens is 488 g/mol. The molecule has 0 saturated carbocycles. The molecule has 1 N–H and O–H groups in total. The quantitative estimate of drug-likeness (QED) is 0.273. The summed E-state index contributed by atoms with van der Waals surface area (Å²) in [5.41, 5.74) is 1.14. The number of benzene rings is 3. The maximum absolute atomic E-state index is 13.1. The SMILES string of the molecule is COc1cc2nccc(Oc3ccc4c(C(=O)Nc5nnc(C(C)(C)C)s5)cccc4c3)c2cc1OC. The molecule has 0 radical (unpaired) electrons. The Balaban J connectivity index is 1.44. The molecule has 0 aliphatic rings. The Morgan fingerprint density at radius 2 is 1.68 bits per heavy atom. The second-order valence-corrected chi connectivity index (χ2v) is 10.4. The molecule has 188 valence electrons. The highest BCUT2D eigenvalue weighted by Gasteiger charge is 2.21. The molecule has 0 unspecified atom stereocenters. The van der Waals surface area contributed by atoms with Crippen LogP contribution in [-0.4, -0.2) is 35.3 Å². The lowest BCUT2D eigenvalue weighted by atomic mass is 9.98. The summed E-state index contributed by atoms with van der Waals surface area (Å²) in [5.74, 6) is 2.21. The molecule has 9 heteroatoms. The fourth-order valence-electron chi connectivity index (χ4n) is 3.93. The number of aromatic nitrogens is 3. The summed E-state index contributed by atoms with van der Waals surface area (Å²) in [6, 6.07) is 16.7. The molecule has 3 aromatic carbocycles. The minimum absolute atomic E-state index is 0.131. The van der Waals surface area contributed by atoms with E-state index in [1.165, 1.54) is 11.3 Å². The van der Waals surface area contributed by atoms with Gasteiger partial charge in [-0.3, -0.25) is 15.1 Å². The maximum atomic E-state index is 13.1. The van der Waals surface area contributed by atoms with Crippen LogP contribution in [-0.2, 0) is 5.41 Å². The van der Waals surface area contributed by atoms with Gasteiger partial charge in [0, 0.05) is 28.6 Å². The molecule has 0 bridgehead atoms. The zero-order valence-electron chi connectivity index (χ0n) is 21.2. The highest BCUT2D eigenvalue weighted by atomic mass is 32.1. The summed E-state index contributed by atoms with van der Waals surface area (Å²) in [6.45, 7) is 6.18. The van der Waals surface area contributed by atoms with E-state index in [4.69, 9.17) is 14.2 Å². The van der Waals surface area contributed by atoms with Crippen LogP contribution in [0.25, 0.3) is 21.7 Å². The first-order chi connectivity index (χ1) is 17.8. The Morgan fingerprint density at radius 3 is 2.41 bits per heavy atom. The summed E-state index contributed by atoms with van der Waals surface area (Å²) in [4.78, 5) is 17.5. The Hall–Kier alpha value is -4.24. The van der Waals surface area contributed by atoms with Crippen molar-refractivity contribution in [1.82, 2.24) is 15.2 Å². The molecule has 37 heavy (non-hydrogen) atoms. The van der Waals surface area contributed by atoms with Crippen molar-refractivity contribution in [2.24, 2.45) is 0 Å². The first-order valence-corrected chi connectivity index (χ1v) is 12.4. The third-order valence-corrected chi connectivity index (χ3v) is 7.08. The van der Waals surface area contributed by atoms with E-state index in [0.717, 1.165) is 26.7 Å². The van der Waals surface area contributed by atoms with E-state index in [9.17, 15) is 4.79 Å². The number of pyridine rings is 1. The number of ether oxygens (including phenoxy) is 3. The van der Waals surface area contributed by atoms with E-state index in [1.54, 1.807) is 32.5 Å². The molecule has 0 saturated heterocycles. The van der Waals surface area contributed by atoms with E-state index >= 15 is 0 Å². The second-order valence-electron chi connectivity index (χ2n) is 9.44. The minimum atomic E-state index is -0.239. The van der Waals surface area contributed by atoms with Gasteiger partial charge in [-0.2, -0.15) is 0 Å². The van der Waals surface area contributed by atoms with Crippen molar-refractivity contribution in [1.29, 1.82) is 0 Å². The fourth-order valence-corrected chi connectivity index (χ4v) is 4.72. The van der Waals surface area contributed by atoms with Gasteiger partial charge >= 0.3 is 0 Å². The minimum Gasteiger partial charge on any atom is -0.493 e. The van der Waals surface area contributed by atoms with Gasteiger partial charge in [-0.25, -0.2) is 0 Å². The van der Waals surface area contributed by atoms with Crippen molar-refractivity contribution in [3.05, 3.63) is 71.4 Å². The van der Waals surface area contributed by atoms with Gasteiger partial charge in [0.1, 0.15) is 16.5 Å². The number of nitrogens with one attached hydrogen (secondary N) is 1. The van der Waals surface area contributed by atoms with Crippen molar-refractivity contribution in [2.75, 3.05) is 19.5 Å². The van der Waals surface area contributed by atoms with Crippen molar-refractivity contribution in [3.63, 3.8) is 0 Å². The molecule has 2 aromatic heterocycles. The highest BCUT2D eigenvalue weighted by Crippen LogP contribution is 2.37. The van der Waals surface area contributed by atoms with Crippen molar-refractivity contribution in [2.45, 2.75) is 26.2 Å². The number of methoxy groups -OCH3 is 2. The molecule has 8 nitrogen and oxygen atoms in total. The van der Waals surface area contributed by atoms with Crippen LogP contribution in [0.15, 0.2) is 60.8 Å². The van der Waals surface area contributed by atoms with Gasteiger partial charge in [0.15, 0.2) is 11.5 Å². The number of carbonyl (C=O) groups excluding carboxylic acids is 1. The third kappa shape index (κ3) is 4.90. The Labute approximate surface area is 218 Å². The molecule has 0 atom stereocenters. The lowest BCUT2D eigenvalue weighted by Gasteiger charge is -2.13. The fraction of sp³-hybridized carbons (Fsp3) is 0.214. The van der Waals surface area contributed by atoms with Gasteiger partial charge in [-0.1, -0.05) is 44.2 Å². The van der Waals surface area contributed by atoms with Crippen LogP contribution in [0.1, 0.15) is 36.1 Å². The first kappa shape index (κ1) is 24.5. The largest absolute Gasteiger partial charge is 0.493 e. The number of fused-ring (bicyclic) bond motifs is 2. The molecule has 0 spiro atoms. The average Bonchev–Trinajstić information content (AvgIpc) is 3.36. The van der Waals surface area contributed by atoms with Gasteiger partial charge in [0.05, 0.1) is 19.7 Å². The van der Waals surface area contributed by atoms with E-state index in [-0.39, 0.29) is 11.3 Å². The Bertz CT molecular complexity index is 1620. The summed E-state index contributed by atoms with van der Waals surface area (Å²) in [5, 5.41) is 15.0.